The van der Waals surface area contributed by atoms with E-state index >= 15 is 0 Å². The van der Waals surface area contributed by atoms with Crippen molar-refractivity contribution in [1.29, 1.82) is 5.41 Å². The Morgan fingerprint density at radius 2 is 2.00 bits per heavy atom. The third-order valence-corrected chi connectivity index (χ3v) is 1.38. The van der Waals surface area contributed by atoms with Crippen LogP contribution in [0.15, 0.2) is 18.2 Å². The molecule has 0 saturated heterocycles. The smallest absolute Gasteiger partial charge is 0.159 e. The topological polar surface area (TPSA) is 49.9 Å². The van der Waals surface area contributed by atoms with Crippen LogP contribution < -0.4 is 5.73 Å². The zero-order valence-electron chi connectivity index (χ0n) is 6.27. The van der Waals surface area contributed by atoms with Gasteiger partial charge in [-0.15, -0.1) is 0 Å². The van der Waals surface area contributed by atoms with Crippen LogP contribution in [-0.4, -0.2) is 5.84 Å². The number of rotatable bonds is 2. The first kappa shape index (κ1) is 8.64. The van der Waals surface area contributed by atoms with Gasteiger partial charge >= 0.3 is 0 Å². The van der Waals surface area contributed by atoms with E-state index in [-0.39, 0.29) is 12.3 Å². The molecule has 0 amide bonds. The van der Waals surface area contributed by atoms with Gasteiger partial charge in [0.05, 0.1) is 5.84 Å². The average Bonchev–Trinajstić information content (AvgIpc) is 1.96. The fourth-order valence-electron chi connectivity index (χ4n) is 0.870. The van der Waals surface area contributed by atoms with Crippen LogP contribution in [0.2, 0.25) is 0 Å². The zero-order valence-corrected chi connectivity index (χ0v) is 6.27. The quantitative estimate of drug-likeness (QED) is 0.512. The molecular weight excluding hydrogens is 162 g/mol. The highest BCUT2D eigenvalue weighted by molar-refractivity contribution is 5.79. The maximum absolute atomic E-state index is 12.5. The molecule has 2 nitrogen and oxygen atoms in total. The van der Waals surface area contributed by atoms with Gasteiger partial charge in [0.25, 0.3) is 0 Å². The lowest BCUT2D eigenvalue weighted by molar-refractivity contribution is 0.507. The molecule has 1 aromatic rings. The van der Waals surface area contributed by atoms with Crippen molar-refractivity contribution in [2.24, 2.45) is 5.73 Å². The summed E-state index contributed by atoms with van der Waals surface area (Å²) in [6.45, 7) is 0. The van der Waals surface area contributed by atoms with E-state index in [1.54, 1.807) is 0 Å². The summed E-state index contributed by atoms with van der Waals surface area (Å²) in [6.07, 6.45) is 0.150. The zero-order chi connectivity index (χ0) is 9.14. The van der Waals surface area contributed by atoms with Crippen molar-refractivity contribution in [2.75, 3.05) is 0 Å². The molecule has 4 heteroatoms. The molecule has 1 aromatic carbocycles. The van der Waals surface area contributed by atoms with E-state index in [2.05, 4.69) is 0 Å². The fourth-order valence-corrected chi connectivity index (χ4v) is 0.870. The predicted molar refractivity (Wildman–Crippen MR) is 42.0 cm³/mol. The molecule has 0 aliphatic heterocycles. The summed E-state index contributed by atoms with van der Waals surface area (Å²) in [6, 6.07) is 3.46. The maximum Gasteiger partial charge on any atom is 0.159 e. The van der Waals surface area contributed by atoms with Gasteiger partial charge in [0, 0.05) is 6.42 Å². The van der Waals surface area contributed by atoms with Crippen molar-refractivity contribution in [3.05, 3.63) is 35.4 Å². The molecule has 3 N–H and O–H groups in total. The lowest BCUT2D eigenvalue weighted by Crippen LogP contribution is -2.12. The number of halogens is 2. The van der Waals surface area contributed by atoms with Gasteiger partial charge in [-0.05, 0) is 17.7 Å². The summed E-state index contributed by atoms with van der Waals surface area (Å²) < 4.78 is 24.9. The van der Waals surface area contributed by atoms with E-state index in [0.29, 0.717) is 5.56 Å². The van der Waals surface area contributed by atoms with Gasteiger partial charge in [0.15, 0.2) is 11.6 Å². The standard InChI is InChI=1S/C8H8F2N2/c9-6-2-1-5(3-7(6)10)4-8(11)12/h1-3H,4H2,(H3,11,12). The lowest BCUT2D eigenvalue weighted by Gasteiger charge is -1.99. The van der Waals surface area contributed by atoms with Crippen LogP contribution >= 0.6 is 0 Å². The molecule has 12 heavy (non-hydrogen) atoms. The molecule has 0 heterocycles. The Morgan fingerprint density at radius 3 is 2.50 bits per heavy atom. The molecule has 0 bridgehead atoms. The molecule has 64 valence electrons. The molecule has 0 aliphatic carbocycles. The van der Waals surface area contributed by atoms with Gasteiger partial charge in [-0.1, -0.05) is 6.07 Å². The second kappa shape index (κ2) is 3.30. The minimum absolute atomic E-state index is 0.0685. The first-order valence-corrected chi connectivity index (χ1v) is 3.36. The minimum Gasteiger partial charge on any atom is -0.387 e. The number of nitrogens with two attached hydrogens (primary N) is 1. The monoisotopic (exact) mass is 170 g/mol. The summed E-state index contributed by atoms with van der Waals surface area (Å²) in [5, 5.41) is 6.92. The van der Waals surface area contributed by atoms with Crippen molar-refractivity contribution in [3.8, 4) is 0 Å². The summed E-state index contributed by atoms with van der Waals surface area (Å²) in [5.74, 6) is -1.86. The molecule has 0 aromatic heterocycles. The molecule has 0 unspecified atom stereocenters. The lowest BCUT2D eigenvalue weighted by atomic mass is 10.1. The summed E-state index contributed by atoms with van der Waals surface area (Å²) >= 11 is 0. The van der Waals surface area contributed by atoms with Crippen LogP contribution in [0, 0.1) is 17.0 Å². The van der Waals surface area contributed by atoms with Crippen LogP contribution in [0.4, 0.5) is 8.78 Å². The minimum atomic E-state index is -0.909. The van der Waals surface area contributed by atoms with Crippen LogP contribution in [0.3, 0.4) is 0 Å². The van der Waals surface area contributed by atoms with Gasteiger partial charge in [-0.2, -0.15) is 0 Å². The molecule has 0 fully saturated rings. The largest absolute Gasteiger partial charge is 0.387 e. The number of benzene rings is 1. The molecular formula is C8H8F2N2. The van der Waals surface area contributed by atoms with Gasteiger partial charge in [0.1, 0.15) is 0 Å². The Labute approximate surface area is 68.5 Å². The van der Waals surface area contributed by atoms with Gasteiger partial charge < -0.3 is 5.73 Å². The van der Waals surface area contributed by atoms with E-state index in [4.69, 9.17) is 11.1 Å². The summed E-state index contributed by atoms with van der Waals surface area (Å²) in [7, 11) is 0. The Bertz CT molecular complexity index is 310. The highest BCUT2D eigenvalue weighted by Gasteiger charge is 2.02. The molecule has 0 saturated carbocycles. The normalized spacial score (nSPS) is 9.83. The van der Waals surface area contributed by atoms with Crippen molar-refractivity contribution < 1.29 is 8.78 Å². The van der Waals surface area contributed by atoms with Gasteiger partial charge in [-0.25, -0.2) is 8.78 Å². The highest BCUT2D eigenvalue weighted by Crippen LogP contribution is 2.08. The van der Waals surface area contributed by atoms with E-state index in [0.717, 1.165) is 12.1 Å². The maximum atomic E-state index is 12.5. The second-order valence-corrected chi connectivity index (χ2v) is 2.45. The number of hydrogen-bond acceptors (Lipinski definition) is 1. The van der Waals surface area contributed by atoms with Crippen LogP contribution in [0.1, 0.15) is 5.56 Å². The average molecular weight is 170 g/mol. The van der Waals surface area contributed by atoms with E-state index in [1.165, 1.54) is 6.07 Å². The Balaban J connectivity index is 2.89. The van der Waals surface area contributed by atoms with E-state index in [9.17, 15) is 8.78 Å². The molecule has 1 rings (SSSR count). The van der Waals surface area contributed by atoms with E-state index in [1.807, 2.05) is 0 Å². The highest BCUT2D eigenvalue weighted by atomic mass is 19.2. The van der Waals surface area contributed by atoms with Gasteiger partial charge in [-0.3, -0.25) is 5.41 Å². The first-order chi connectivity index (χ1) is 5.59. The number of amidine groups is 1. The van der Waals surface area contributed by atoms with Crippen LogP contribution in [0.5, 0.6) is 0 Å². The third kappa shape index (κ3) is 2.02. The molecule has 0 radical (unpaired) electrons. The Kier molecular flexibility index (Phi) is 2.38. The molecule has 0 aliphatic rings. The first-order valence-electron chi connectivity index (χ1n) is 3.36. The number of nitrogens with one attached hydrogen (secondary N) is 1. The predicted octanol–water partition coefficient (Wildman–Crippen LogP) is 1.44. The van der Waals surface area contributed by atoms with Crippen molar-refractivity contribution >= 4 is 5.84 Å². The SMILES string of the molecule is N=C(N)Cc1ccc(F)c(F)c1. The third-order valence-electron chi connectivity index (χ3n) is 1.38. The Hall–Kier alpha value is -1.45. The fraction of sp³-hybridized carbons (Fsp3) is 0.125. The van der Waals surface area contributed by atoms with Gasteiger partial charge in [0.2, 0.25) is 0 Å². The second-order valence-electron chi connectivity index (χ2n) is 2.45. The van der Waals surface area contributed by atoms with Crippen molar-refractivity contribution in [2.45, 2.75) is 6.42 Å². The van der Waals surface area contributed by atoms with Crippen molar-refractivity contribution in [3.63, 3.8) is 0 Å². The van der Waals surface area contributed by atoms with E-state index < -0.39 is 11.6 Å². The van der Waals surface area contributed by atoms with Crippen molar-refractivity contribution in [1.82, 2.24) is 0 Å². The number of hydrogen-bond donors (Lipinski definition) is 2. The van der Waals surface area contributed by atoms with Crippen LogP contribution in [-0.2, 0) is 6.42 Å². The summed E-state index contributed by atoms with van der Waals surface area (Å²) in [5.41, 5.74) is 5.58. The summed E-state index contributed by atoms with van der Waals surface area (Å²) in [4.78, 5) is 0. The Morgan fingerprint density at radius 1 is 1.33 bits per heavy atom. The molecule has 0 atom stereocenters. The van der Waals surface area contributed by atoms with Crippen LogP contribution in [0.25, 0.3) is 0 Å². The molecule has 0 spiro atoms.